The smallest absolute Gasteiger partial charge is 0.160 e. The van der Waals surface area contributed by atoms with Crippen molar-refractivity contribution in [3.8, 4) is 0 Å². The van der Waals surface area contributed by atoms with Gasteiger partial charge in [0.05, 0.1) is 5.02 Å². The Bertz CT molecular complexity index is 989. The number of hydrogen-bond acceptors (Lipinski definition) is 3. The van der Waals surface area contributed by atoms with Crippen molar-refractivity contribution in [2.75, 3.05) is 5.32 Å². The summed E-state index contributed by atoms with van der Waals surface area (Å²) in [6.07, 6.45) is 0. The summed E-state index contributed by atoms with van der Waals surface area (Å²) in [7, 11) is 0. The molecule has 0 aliphatic heterocycles. The highest BCUT2D eigenvalue weighted by Crippen LogP contribution is 2.27. The van der Waals surface area contributed by atoms with Crippen LogP contribution in [0.4, 0.5) is 20.2 Å². The maximum absolute atomic E-state index is 13.3. The molecule has 0 aliphatic rings. The Morgan fingerprint density at radius 1 is 0.923 bits per heavy atom. The van der Waals surface area contributed by atoms with Crippen LogP contribution in [0.5, 0.6) is 0 Å². The van der Waals surface area contributed by atoms with Crippen molar-refractivity contribution in [1.29, 1.82) is 0 Å². The molecule has 3 nitrogen and oxygen atoms in total. The van der Waals surface area contributed by atoms with Gasteiger partial charge in [0.2, 0.25) is 0 Å². The standard InChI is InChI=1S/C20H15ClF2N2O/c1-12-4-2-3-5-15(12)20(25-26)16-8-6-13(10-17(16)21)24-14-7-9-18(22)19(23)11-14/h2-11,24,26H,1H3. The molecule has 0 saturated heterocycles. The molecule has 0 saturated carbocycles. The van der Waals surface area contributed by atoms with E-state index >= 15 is 0 Å². The van der Waals surface area contributed by atoms with Crippen molar-refractivity contribution in [2.45, 2.75) is 6.92 Å². The molecule has 26 heavy (non-hydrogen) atoms. The Hall–Kier alpha value is -2.92. The van der Waals surface area contributed by atoms with Crippen molar-refractivity contribution >= 4 is 28.7 Å². The molecule has 3 aromatic rings. The summed E-state index contributed by atoms with van der Waals surface area (Å²) in [6, 6.07) is 16.1. The van der Waals surface area contributed by atoms with Gasteiger partial charge in [-0.1, -0.05) is 41.0 Å². The zero-order chi connectivity index (χ0) is 18.7. The lowest BCUT2D eigenvalue weighted by atomic mass is 9.98. The maximum Gasteiger partial charge on any atom is 0.160 e. The van der Waals surface area contributed by atoms with Gasteiger partial charge in [0.25, 0.3) is 0 Å². The van der Waals surface area contributed by atoms with Gasteiger partial charge in [0.15, 0.2) is 11.6 Å². The van der Waals surface area contributed by atoms with Crippen LogP contribution in [0.25, 0.3) is 0 Å². The fraction of sp³-hybridized carbons (Fsp3) is 0.0500. The lowest BCUT2D eigenvalue weighted by Crippen LogP contribution is -2.06. The van der Waals surface area contributed by atoms with Gasteiger partial charge in [-0.2, -0.15) is 0 Å². The zero-order valence-corrected chi connectivity index (χ0v) is 14.6. The highest BCUT2D eigenvalue weighted by Gasteiger charge is 2.14. The Morgan fingerprint density at radius 3 is 2.27 bits per heavy atom. The van der Waals surface area contributed by atoms with Crippen molar-refractivity contribution in [2.24, 2.45) is 5.16 Å². The van der Waals surface area contributed by atoms with Gasteiger partial charge in [-0.05, 0) is 42.8 Å². The van der Waals surface area contributed by atoms with Crippen LogP contribution < -0.4 is 5.32 Å². The first-order valence-corrected chi connectivity index (χ1v) is 8.17. The van der Waals surface area contributed by atoms with E-state index in [4.69, 9.17) is 11.6 Å². The molecule has 3 rings (SSSR count). The van der Waals surface area contributed by atoms with E-state index in [-0.39, 0.29) is 0 Å². The lowest BCUT2D eigenvalue weighted by molar-refractivity contribution is 0.319. The summed E-state index contributed by atoms with van der Waals surface area (Å²) in [5.41, 5.74) is 3.60. The first-order valence-electron chi connectivity index (χ1n) is 7.79. The largest absolute Gasteiger partial charge is 0.410 e. The van der Waals surface area contributed by atoms with Gasteiger partial charge in [0.1, 0.15) is 5.71 Å². The molecule has 0 spiro atoms. The fourth-order valence-corrected chi connectivity index (χ4v) is 2.89. The number of halogens is 3. The number of nitrogens with zero attached hydrogens (tertiary/aromatic N) is 1. The van der Waals surface area contributed by atoms with Gasteiger partial charge in [-0.15, -0.1) is 0 Å². The second kappa shape index (κ2) is 7.54. The summed E-state index contributed by atoms with van der Waals surface area (Å²) in [6.45, 7) is 1.91. The second-order valence-electron chi connectivity index (χ2n) is 5.71. The fourth-order valence-electron chi connectivity index (χ4n) is 2.62. The topological polar surface area (TPSA) is 44.6 Å². The molecule has 0 amide bonds. The monoisotopic (exact) mass is 372 g/mol. The lowest BCUT2D eigenvalue weighted by Gasteiger charge is -2.12. The number of rotatable bonds is 4. The molecule has 0 bridgehead atoms. The van der Waals surface area contributed by atoms with Crippen LogP contribution in [-0.4, -0.2) is 10.9 Å². The van der Waals surface area contributed by atoms with Gasteiger partial charge < -0.3 is 10.5 Å². The first kappa shape index (κ1) is 17.9. The number of aryl methyl sites for hydroxylation is 1. The number of oxime groups is 1. The quantitative estimate of drug-likeness (QED) is 0.340. The zero-order valence-electron chi connectivity index (χ0n) is 13.8. The van der Waals surface area contributed by atoms with Crippen LogP contribution in [0, 0.1) is 18.6 Å². The molecule has 0 radical (unpaired) electrons. The van der Waals surface area contributed by atoms with E-state index < -0.39 is 11.6 Å². The second-order valence-corrected chi connectivity index (χ2v) is 6.12. The van der Waals surface area contributed by atoms with Crippen molar-refractivity contribution in [3.63, 3.8) is 0 Å². The third-order valence-corrected chi connectivity index (χ3v) is 4.25. The van der Waals surface area contributed by atoms with E-state index in [9.17, 15) is 14.0 Å². The van der Waals surface area contributed by atoms with Gasteiger partial charge in [0, 0.05) is 28.6 Å². The first-order chi connectivity index (χ1) is 12.5. The summed E-state index contributed by atoms with van der Waals surface area (Å²) in [5, 5.41) is 16.2. The van der Waals surface area contributed by atoms with Crippen molar-refractivity contribution in [1.82, 2.24) is 0 Å². The Kier molecular flexibility index (Phi) is 5.19. The Balaban J connectivity index is 1.92. The third-order valence-electron chi connectivity index (χ3n) is 3.93. The van der Waals surface area contributed by atoms with Crippen molar-refractivity contribution < 1.29 is 14.0 Å². The van der Waals surface area contributed by atoms with E-state index in [1.165, 1.54) is 6.07 Å². The molecule has 0 fully saturated rings. The van der Waals surface area contributed by atoms with E-state index in [2.05, 4.69) is 10.5 Å². The van der Waals surface area contributed by atoms with Crippen LogP contribution in [0.15, 0.2) is 65.8 Å². The molecule has 0 unspecified atom stereocenters. The molecule has 0 heterocycles. The minimum atomic E-state index is -0.938. The molecule has 0 aromatic heterocycles. The van der Waals surface area contributed by atoms with E-state index in [0.29, 0.717) is 27.7 Å². The average Bonchev–Trinajstić information content (AvgIpc) is 2.62. The van der Waals surface area contributed by atoms with E-state index in [0.717, 1.165) is 23.3 Å². The Labute approximate surface area is 154 Å². The highest BCUT2D eigenvalue weighted by molar-refractivity contribution is 6.35. The summed E-state index contributed by atoms with van der Waals surface area (Å²) in [4.78, 5) is 0. The van der Waals surface area contributed by atoms with E-state index in [1.807, 2.05) is 31.2 Å². The van der Waals surface area contributed by atoms with Crippen LogP contribution in [0.3, 0.4) is 0 Å². The Morgan fingerprint density at radius 2 is 1.62 bits per heavy atom. The van der Waals surface area contributed by atoms with Gasteiger partial charge in [-0.3, -0.25) is 0 Å². The molecule has 132 valence electrons. The number of nitrogens with one attached hydrogen (secondary N) is 1. The SMILES string of the molecule is Cc1ccccc1C(=NO)c1ccc(Nc2ccc(F)c(F)c2)cc1Cl. The summed E-state index contributed by atoms with van der Waals surface area (Å²) >= 11 is 6.36. The molecule has 0 aliphatic carbocycles. The number of anilines is 2. The third kappa shape index (κ3) is 3.68. The summed E-state index contributed by atoms with van der Waals surface area (Å²) < 4.78 is 26.3. The molecular formula is C20H15ClF2N2O. The number of benzene rings is 3. The minimum Gasteiger partial charge on any atom is -0.410 e. The van der Waals surface area contributed by atoms with Gasteiger partial charge >= 0.3 is 0 Å². The summed E-state index contributed by atoms with van der Waals surface area (Å²) in [5.74, 6) is -1.85. The van der Waals surface area contributed by atoms with Crippen LogP contribution in [0.2, 0.25) is 5.02 Å². The molecule has 3 aromatic carbocycles. The molecule has 6 heteroatoms. The predicted octanol–water partition coefficient (Wildman–Crippen LogP) is 5.90. The van der Waals surface area contributed by atoms with Crippen molar-refractivity contribution in [3.05, 3.63) is 94.0 Å². The van der Waals surface area contributed by atoms with Crippen LogP contribution >= 0.6 is 11.6 Å². The predicted molar refractivity (Wildman–Crippen MR) is 99.7 cm³/mol. The normalized spacial score (nSPS) is 11.5. The molecular weight excluding hydrogens is 358 g/mol. The average molecular weight is 373 g/mol. The van der Waals surface area contributed by atoms with E-state index in [1.54, 1.807) is 18.2 Å². The maximum atomic E-state index is 13.3. The molecule has 2 N–H and O–H groups in total. The highest BCUT2D eigenvalue weighted by atomic mass is 35.5. The minimum absolute atomic E-state index is 0.354. The van der Waals surface area contributed by atoms with Gasteiger partial charge in [-0.25, -0.2) is 8.78 Å². The molecule has 0 atom stereocenters. The van der Waals surface area contributed by atoms with Crippen LogP contribution in [0.1, 0.15) is 16.7 Å². The number of hydrogen-bond donors (Lipinski definition) is 2. The van der Waals surface area contributed by atoms with Crippen LogP contribution in [-0.2, 0) is 0 Å².